The summed E-state index contributed by atoms with van der Waals surface area (Å²) in [6, 6.07) is 45.7. The van der Waals surface area contributed by atoms with Crippen LogP contribution in [-0.4, -0.2) is 24.5 Å². The largest absolute Gasteiger partial charge is 0.278 e. The summed E-state index contributed by atoms with van der Waals surface area (Å²) in [5.41, 5.74) is 5.72. The lowest BCUT2D eigenvalue weighted by molar-refractivity contribution is 0.923. The second-order valence-corrected chi connectivity index (χ2v) is 11.5. The number of rotatable bonds is 3. The molecule has 6 nitrogen and oxygen atoms in total. The van der Waals surface area contributed by atoms with Crippen LogP contribution in [0.3, 0.4) is 0 Å². The van der Waals surface area contributed by atoms with Gasteiger partial charge in [0.2, 0.25) is 11.9 Å². The van der Waals surface area contributed by atoms with Crippen molar-refractivity contribution in [1.29, 1.82) is 0 Å². The summed E-state index contributed by atoms with van der Waals surface area (Å²) in [5, 5.41) is 3.37. The molecule has 7 heteroatoms. The monoisotopic (exact) mass is 570 g/mol. The maximum atomic E-state index is 5.22. The standard InChI is InChI=1S/C36H22N6S/c1-4-14-26-23(11-1)21-22-27(37-26)34-38-35(41-28-15-5-2-12-24(28)25-13-3-6-16-29(25)41)40-36(39-34)42-30-17-7-9-19-32(30)43-33-20-10-8-18-31(33)42/h1-22H. The molecule has 0 radical (unpaired) electrons. The molecule has 1 aliphatic heterocycles. The van der Waals surface area contributed by atoms with Crippen molar-refractivity contribution in [2.75, 3.05) is 4.90 Å². The Bertz CT molecular complexity index is 2260. The molecule has 5 aromatic carbocycles. The molecule has 4 heterocycles. The SMILES string of the molecule is c1ccc2c(c1)Sc1ccccc1N2c1nc(-c2ccc3ccccc3n2)nc(-n2c3ccccc3c3ccccc32)n1. The molecule has 0 amide bonds. The van der Waals surface area contributed by atoms with E-state index in [-0.39, 0.29) is 0 Å². The number of nitrogens with zero attached hydrogens (tertiary/aromatic N) is 6. The van der Waals surface area contributed by atoms with E-state index in [2.05, 4.69) is 119 Å². The Morgan fingerprint density at radius 2 is 1.05 bits per heavy atom. The average molecular weight is 571 g/mol. The molecule has 9 rings (SSSR count). The summed E-state index contributed by atoms with van der Waals surface area (Å²) in [5.74, 6) is 1.60. The fourth-order valence-electron chi connectivity index (χ4n) is 5.92. The minimum absolute atomic E-state index is 0.515. The van der Waals surface area contributed by atoms with Crippen LogP contribution in [0.5, 0.6) is 0 Å². The Morgan fingerprint density at radius 3 is 1.77 bits per heavy atom. The highest BCUT2D eigenvalue weighted by Gasteiger charge is 2.28. The van der Waals surface area contributed by atoms with Gasteiger partial charge < -0.3 is 0 Å². The maximum absolute atomic E-state index is 5.22. The van der Waals surface area contributed by atoms with Crippen LogP contribution in [-0.2, 0) is 0 Å². The fraction of sp³-hybridized carbons (Fsp3) is 0. The molecule has 0 saturated heterocycles. The molecule has 0 aliphatic carbocycles. The van der Waals surface area contributed by atoms with Gasteiger partial charge in [0.15, 0.2) is 5.82 Å². The van der Waals surface area contributed by atoms with Gasteiger partial charge >= 0.3 is 0 Å². The van der Waals surface area contributed by atoms with E-state index >= 15 is 0 Å². The first-order chi connectivity index (χ1) is 21.3. The third-order valence-electron chi connectivity index (χ3n) is 7.85. The summed E-state index contributed by atoms with van der Waals surface area (Å²) >= 11 is 1.76. The zero-order valence-electron chi connectivity index (χ0n) is 22.8. The summed E-state index contributed by atoms with van der Waals surface area (Å²) < 4.78 is 2.14. The van der Waals surface area contributed by atoms with Crippen LogP contribution in [0.4, 0.5) is 17.3 Å². The van der Waals surface area contributed by atoms with Crippen LogP contribution >= 0.6 is 11.8 Å². The van der Waals surface area contributed by atoms with E-state index in [1.165, 1.54) is 0 Å². The van der Waals surface area contributed by atoms with Gasteiger partial charge in [0.25, 0.3) is 0 Å². The van der Waals surface area contributed by atoms with Gasteiger partial charge in [0.1, 0.15) is 5.69 Å². The maximum Gasteiger partial charge on any atom is 0.240 e. The molecule has 0 unspecified atom stereocenters. The molecule has 3 aromatic heterocycles. The second kappa shape index (κ2) is 9.51. The van der Waals surface area contributed by atoms with Crippen molar-refractivity contribution in [3.63, 3.8) is 0 Å². The minimum Gasteiger partial charge on any atom is -0.278 e. The van der Waals surface area contributed by atoms with E-state index in [0.29, 0.717) is 23.4 Å². The molecule has 0 fully saturated rings. The highest BCUT2D eigenvalue weighted by molar-refractivity contribution is 7.99. The van der Waals surface area contributed by atoms with E-state index in [0.717, 1.165) is 53.9 Å². The molecule has 0 saturated carbocycles. The Balaban J connectivity index is 1.36. The second-order valence-electron chi connectivity index (χ2n) is 10.4. The zero-order chi connectivity index (χ0) is 28.3. The van der Waals surface area contributed by atoms with E-state index in [1.54, 1.807) is 11.8 Å². The van der Waals surface area contributed by atoms with Crippen molar-refractivity contribution < 1.29 is 0 Å². The number of para-hydroxylation sites is 5. The first-order valence-corrected chi connectivity index (χ1v) is 14.9. The van der Waals surface area contributed by atoms with E-state index < -0.39 is 0 Å². The van der Waals surface area contributed by atoms with Gasteiger partial charge in [-0.3, -0.25) is 9.47 Å². The number of anilines is 3. The van der Waals surface area contributed by atoms with Crippen molar-refractivity contribution in [2.45, 2.75) is 9.79 Å². The highest BCUT2D eigenvalue weighted by atomic mass is 32.2. The Labute approximate surface area is 251 Å². The summed E-state index contributed by atoms with van der Waals surface area (Å²) in [4.78, 5) is 24.9. The number of fused-ring (bicyclic) bond motifs is 6. The quantitative estimate of drug-likeness (QED) is 0.211. The third-order valence-corrected chi connectivity index (χ3v) is 8.98. The van der Waals surface area contributed by atoms with E-state index in [1.807, 2.05) is 24.3 Å². The molecular weight excluding hydrogens is 549 g/mol. The van der Waals surface area contributed by atoms with Crippen LogP contribution in [0.1, 0.15) is 0 Å². The lowest BCUT2D eigenvalue weighted by atomic mass is 10.2. The average Bonchev–Trinajstić information content (AvgIpc) is 3.41. The highest BCUT2D eigenvalue weighted by Crippen LogP contribution is 2.50. The lowest BCUT2D eigenvalue weighted by Crippen LogP contribution is -2.19. The first kappa shape index (κ1) is 24.1. The van der Waals surface area contributed by atoms with E-state index in [9.17, 15) is 0 Å². The van der Waals surface area contributed by atoms with Crippen molar-refractivity contribution in [3.05, 3.63) is 133 Å². The van der Waals surface area contributed by atoms with Gasteiger partial charge in [0, 0.05) is 25.9 Å². The van der Waals surface area contributed by atoms with Gasteiger partial charge in [-0.05, 0) is 48.5 Å². The van der Waals surface area contributed by atoms with Crippen LogP contribution in [0.2, 0.25) is 0 Å². The van der Waals surface area contributed by atoms with Crippen LogP contribution in [0, 0.1) is 0 Å². The first-order valence-electron chi connectivity index (χ1n) is 14.1. The molecule has 0 N–H and O–H groups in total. The third kappa shape index (κ3) is 3.82. The molecule has 0 spiro atoms. The zero-order valence-corrected chi connectivity index (χ0v) is 23.6. The molecule has 8 aromatic rings. The van der Waals surface area contributed by atoms with Crippen molar-refractivity contribution in [1.82, 2.24) is 24.5 Å². The van der Waals surface area contributed by atoms with Crippen LogP contribution in [0.25, 0.3) is 50.2 Å². The Hall–Kier alpha value is -5.53. The van der Waals surface area contributed by atoms with Gasteiger partial charge in [-0.25, -0.2) is 4.98 Å². The topological polar surface area (TPSA) is 59.7 Å². The van der Waals surface area contributed by atoms with Gasteiger partial charge in [-0.2, -0.15) is 15.0 Å². The number of pyridine rings is 1. The Kier molecular flexibility index (Phi) is 5.33. The van der Waals surface area contributed by atoms with Crippen molar-refractivity contribution >= 4 is 61.8 Å². The van der Waals surface area contributed by atoms with Crippen molar-refractivity contribution in [3.8, 4) is 17.5 Å². The molecule has 43 heavy (non-hydrogen) atoms. The summed E-state index contributed by atoms with van der Waals surface area (Å²) in [7, 11) is 0. The predicted molar refractivity (Wildman–Crippen MR) is 174 cm³/mol. The Morgan fingerprint density at radius 1 is 0.465 bits per heavy atom. The van der Waals surface area contributed by atoms with Gasteiger partial charge in [-0.1, -0.05) is 96.7 Å². The van der Waals surface area contributed by atoms with Gasteiger partial charge in [-0.15, -0.1) is 0 Å². The van der Waals surface area contributed by atoms with Gasteiger partial charge in [0.05, 0.1) is 27.9 Å². The molecular formula is C36H22N6S. The fourth-order valence-corrected chi connectivity index (χ4v) is 6.98. The van der Waals surface area contributed by atoms with Crippen LogP contribution in [0.15, 0.2) is 143 Å². The van der Waals surface area contributed by atoms with Crippen LogP contribution < -0.4 is 4.90 Å². The normalized spacial score (nSPS) is 12.5. The number of hydrogen-bond donors (Lipinski definition) is 0. The minimum atomic E-state index is 0.515. The number of benzene rings is 5. The molecule has 0 atom stereocenters. The lowest BCUT2D eigenvalue weighted by Gasteiger charge is -2.31. The molecule has 202 valence electrons. The predicted octanol–water partition coefficient (Wildman–Crippen LogP) is 9.12. The smallest absolute Gasteiger partial charge is 0.240 e. The van der Waals surface area contributed by atoms with E-state index in [4.69, 9.17) is 19.9 Å². The molecule has 1 aliphatic rings. The molecule has 0 bridgehead atoms. The number of aromatic nitrogens is 5. The summed E-state index contributed by atoms with van der Waals surface area (Å²) in [6.45, 7) is 0. The number of hydrogen-bond acceptors (Lipinski definition) is 6. The summed E-state index contributed by atoms with van der Waals surface area (Å²) in [6.07, 6.45) is 0. The van der Waals surface area contributed by atoms with Crippen molar-refractivity contribution in [2.24, 2.45) is 0 Å².